The monoisotopic (exact) mass is 252 g/mol. The molecule has 0 fully saturated rings. The van der Waals surface area contributed by atoms with Crippen LogP contribution in [0.3, 0.4) is 0 Å². The van der Waals surface area contributed by atoms with E-state index >= 15 is 0 Å². The zero-order chi connectivity index (χ0) is 12.4. The van der Waals surface area contributed by atoms with E-state index in [1.165, 1.54) is 12.1 Å². The Morgan fingerprint density at radius 2 is 2.06 bits per heavy atom. The number of halogens is 2. The first-order valence-electron chi connectivity index (χ1n) is 4.85. The lowest BCUT2D eigenvalue weighted by Gasteiger charge is -2.18. The normalized spacial score (nSPS) is 10.3. The second kappa shape index (κ2) is 4.55. The van der Waals surface area contributed by atoms with Crippen molar-refractivity contribution < 1.29 is 4.39 Å². The Balaban J connectivity index is 2.39. The van der Waals surface area contributed by atoms with Crippen LogP contribution in [0, 0.1) is 5.82 Å². The first kappa shape index (κ1) is 11.6. The molecule has 0 atom stereocenters. The van der Waals surface area contributed by atoms with Gasteiger partial charge in [-0.1, -0.05) is 17.7 Å². The van der Waals surface area contributed by atoms with Crippen molar-refractivity contribution in [2.45, 2.75) is 0 Å². The molecule has 1 heterocycles. The quantitative estimate of drug-likeness (QED) is 0.835. The zero-order valence-corrected chi connectivity index (χ0v) is 9.82. The van der Waals surface area contributed by atoms with Crippen molar-refractivity contribution in [2.75, 3.05) is 17.7 Å². The Morgan fingerprint density at radius 3 is 2.71 bits per heavy atom. The fraction of sp³-hybridized carbons (Fsp3) is 0.0909. The van der Waals surface area contributed by atoms with Crippen molar-refractivity contribution >= 4 is 29.1 Å². The second-order valence-electron chi connectivity index (χ2n) is 3.45. The first-order chi connectivity index (χ1) is 8.06. The summed E-state index contributed by atoms with van der Waals surface area (Å²) in [7, 11) is 1.74. The maximum absolute atomic E-state index is 13.1. The van der Waals surface area contributed by atoms with Gasteiger partial charge in [0.2, 0.25) is 5.95 Å². The molecule has 0 aliphatic rings. The maximum Gasteiger partial charge on any atom is 0.223 e. The van der Waals surface area contributed by atoms with Crippen LogP contribution in [0.2, 0.25) is 5.15 Å². The summed E-state index contributed by atoms with van der Waals surface area (Å²) in [6.45, 7) is 0. The summed E-state index contributed by atoms with van der Waals surface area (Å²) in [5, 5.41) is 0.246. The molecule has 0 unspecified atom stereocenters. The van der Waals surface area contributed by atoms with E-state index < -0.39 is 0 Å². The third-order valence-corrected chi connectivity index (χ3v) is 2.43. The highest BCUT2D eigenvalue weighted by molar-refractivity contribution is 6.29. The van der Waals surface area contributed by atoms with Gasteiger partial charge >= 0.3 is 0 Å². The minimum Gasteiger partial charge on any atom is -0.368 e. The van der Waals surface area contributed by atoms with Gasteiger partial charge in [-0.2, -0.15) is 4.98 Å². The Morgan fingerprint density at radius 1 is 1.29 bits per heavy atom. The third-order valence-electron chi connectivity index (χ3n) is 2.24. The minimum atomic E-state index is -0.317. The SMILES string of the molecule is CN(c1cccc(F)c1)c1cc(Cl)nc(N)n1. The molecule has 0 radical (unpaired) electrons. The number of aromatic nitrogens is 2. The topological polar surface area (TPSA) is 55.0 Å². The highest BCUT2D eigenvalue weighted by Gasteiger charge is 2.08. The lowest BCUT2D eigenvalue weighted by molar-refractivity contribution is 0.628. The van der Waals surface area contributed by atoms with Gasteiger partial charge in [-0.3, -0.25) is 0 Å². The number of nitrogens with two attached hydrogens (primary N) is 1. The Hall–Kier alpha value is -1.88. The van der Waals surface area contributed by atoms with Crippen LogP contribution in [0.15, 0.2) is 30.3 Å². The number of hydrogen-bond acceptors (Lipinski definition) is 4. The van der Waals surface area contributed by atoms with Crippen molar-refractivity contribution in [1.82, 2.24) is 9.97 Å². The van der Waals surface area contributed by atoms with Crippen LogP contribution in [-0.2, 0) is 0 Å². The van der Waals surface area contributed by atoms with Crippen LogP contribution >= 0.6 is 11.6 Å². The van der Waals surface area contributed by atoms with E-state index in [0.29, 0.717) is 11.5 Å². The largest absolute Gasteiger partial charge is 0.368 e. The van der Waals surface area contributed by atoms with Crippen LogP contribution in [-0.4, -0.2) is 17.0 Å². The lowest BCUT2D eigenvalue weighted by atomic mass is 10.3. The van der Waals surface area contributed by atoms with Gasteiger partial charge in [-0.15, -0.1) is 0 Å². The summed E-state index contributed by atoms with van der Waals surface area (Å²) >= 11 is 5.78. The molecule has 17 heavy (non-hydrogen) atoms. The predicted molar refractivity (Wildman–Crippen MR) is 65.9 cm³/mol. The van der Waals surface area contributed by atoms with Crippen molar-refractivity contribution in [3.63, 3.8) is 0 Å². The molecule has 2 rings (SSSR count). The van der Waals surface area contributed by atoms with E-state index in [1.807, 2.05) is 0 Å². The van der Waals surface area contributed by atoms with Crippen LogP contribution in [0.1, 0.15) is 0 Å². The molecule has 0 saturated heterocycles. The highest BCUT2D eigenvalue weighted by atomic mass is 35.5. The van der Waals surface area contributed by atoms with Gasteiger partial charge in [-0.05, 0) is 18.2 Å². The Kier molecular flexibility index (Phi) is 3.10. The molecule has 1 aromatic carbocycles. The molecule has 0 spiro atoms. The van der Waals surface area contributed by atoms with E-state index in [0.717, 1.165) is 0 Å². The molecule has 0 bridgehead atoms. The van der Waals surface area contributed by atoms with Crippen molar-refractivity contribution in [3.05, 3.63) is 41.3 Å². The molecule has 0 saturated carbocycles. The smallest absolute Gasteiger partial charge is 0.223 e. The number of anilines is 3. The minimum absolute atomic E-state index is 0.0794. The summed E-state index contributed by atoms with van der Waals surface area (Å²) in [4.78, 5) is 9.46. The molecule has 0 aliphatic heterocycles. The molecule has 4 nitrogen and oxygen atoms in total. The molecule has 2 N–H and O–H groups in total. The molecular formula is C11H10ClFN4. The highest BCUT2D eigenvalue weighted by Crippen LogP contribution is 2.24. The van der Waals surface area contributed by atoms with Crippen LogP contribution in [0.5, 0.6) is 0 Å². The van der Waals surface area contributed by atoms with Gasteiger partial charge in [0.1, 0.15) is 16.8 Å². The molecular weight excluding hydrogens is 243 g/mol. The summed E-state index contributed by atoms with van der Waals surface area (Å²) in [6.07, 6.45) is 0. The van der Waals surface area contributed by atoms with Gasteiger partial charge < -0.3 is 10.6 Å². The molecule has 88 valence electrons. The summed E-state index contributed by atoms with van der Waals surface area (Å²) < 4.78 is 13.1. The maximum atomic E-state index is 13.1. The average Bonchev–Trinajstić information content (AvgIpc) is 2.26. The molecule has 1 aromatic heterocycles. The van der Waals surface area contributed by atoms with E-state index in [2.05, 4.69) is 9.97 Å². The van der Waals surface area contributed by atoms with Gasteiger partial charge in [0.25, 0.3) is 0 Å². The zero-order valence-electron chi connectivity index (χ0n) is 9.06. The summed E-state index contributed by atoms with van der Waals surface area (Å²) in [5.74, 6) is 0.270. The van der Waals surface area contributed by atoms with E-state index in [9.17, 15) is 4.39 Å². The summed E-state index contributed by atoms with van der Waals surface area (Å²) in [5.41, 5.74) is 6.15. The van der Waals surface area contributed by atoms with E-state index in [-0.39, 0.29) is 16.9 Å². The van der Waals surface area contributed by atoms with Crippen molar-refractivity contribution in [2.24, 2.45) is 0 Å². The number of rotatable bonds is 2. The van der Waals surface area contributed by atoms with Gasteiger partial charge in [0.05, 0.1) is 0 Å². The third kappa shape index (κ3) is 2.62. The molecule has 2 aromatic rings. The second-order valence-corrected chi connectivity index (χ2v) is 3.83. The fourth-order valence-electron chi connectivity index (χ4n) is 1.41. The van der Waals surface area contributed by atoms with E-state index in [1.54, 1.807) is 30.1 Å². The average molecular weight is 253 g/mol. The van der Waals surface area contributed by atoms with Gasteiger partial charge in [0, 0.05) is 18.8 Å². The fourth-order valence-corrected chi connectivity index (χ4v) is 1.60. The van der Waals surface area contributed by atoms with Crippen molar-refractivity contribution in [1.29, 1.82) is 0 Å². The molecule has 0 amide bonds. The lowest BCUT2D eigenvalue weighted by Crippen LogP contribution is -2.12. The number of nitrogens with zero attached hydrogens (tertiary/aromatic N) is 3. The Labute approximate surface area is 103 Å². The van der Waals surface area contributed by atoms with E-state index in [4.69, 9.17) is 17.3 Å². The van der Waals surface area contributed by atoms with Gasteiger partial charge in [0.15, 0.2) is 0 Å². The van der Waals surface area contributed by atoms with Crippen LogP contribution in [0.4, 0.5) is 21.8 Å². The van der Waals surface area contributed by atoms with Crippen LogP contribution < -0.4 is 10.6 Å². The molecule has 0 aliphatic carbocycles. The number of hydrogen-bond donors (Lipinski definition) is 1. The van der Waals surface area contributed by atoms with Crippen molar-refractivity contribution in [3.8, 4) is 0 Å². The number of nitrogen functional groups attached to an aromatic ring is 1. The van der Waals surface area contributed by atoms with Gasteiger partial charge in [-0.25, -0.2) is 9.37 Å². The predicted octanol–water partition coefficient (Wildman–Crippen LogP) is 2.62. The summed E-state index contributed by atoms with van der Waals surface area (Å²) in [6, 6.07) is 7.70. The Bertz CT molecular complexity index is 526. The van der Waals surface area contributed by atoms with Crippen LogP contribution in [0.25, 0.3) is 0 Å². The number of benzene rings is 1. The molecule has 6 heteroatoms. The first-order valence-corrected chi connectivity index (χ1v) is 5.23. The standard InChI is InChI=1S/C11H10ClFN4/c1-17(8-4-2-3-7(13)5-8)10-6-9(12)15-11(14)16-10/h2-6H,1H3,(H2,14,15,16).